The van der Waals surface area contributed by atoms with Crippen molar-refractivity contribution in [3.8, 4) is 0 Å². The predicted molar refractivity (Wildman–Crippen MR) is 84.9 cm³/mol. The second-order valence-electron chi connectivity index (χ2n) is 5.70. The van der Waals surface area contributed by atoms with Crippen molar-refractivity contribution in [1.82, 2.24) is 5.01 Å². The number of anilines is 1. The van der Waals surface area contributed by atoms with Gasteiger partial charge in [-0.15, -0.1) is 0 Å². The molecule has 124 valence electrons. The molecule has 1 saturated carbocycles. The molecule has 2 amide bonds. The Labute approximate surface area is 134 Å². The first-order valence-electron chi connectivity index (χ1n) is 7.67. The first-order chi connectivity index (χ1) is 11.0. The fraction of sp³-hybridized carbons (Fsp3) is 0.438. The molecule has 0 bridgehead atoms. The monoisotopic (exact) mass is 319 g/mol. The minimum atomic E-state index is -1.21. The van der Waals surface area contributed by atoms with Gasteiger partial charge in [0.1, 0.15) is 6.54 Å². The third kappa shape index (κ3) is 4.53. The maximum absolute atomic E-state index is 12.7. The van der Waals surface area contributed by atoms with E-state index in [-0.39, 0.29) is 11.7 Å². The summed E-state index contributed by atoms with van der Waals surface area (Å²) >= 11 is 0. The number of nitrogens with two attached hydrogens (primary N) is 1. The maximum atomic E-state index is 12.7. The normalized spacial score (nSPS) is 15.0. The van der Waals surface area contributed by atoms with Gasteiger partial charge in [-0.05, 0) is 25.0 Å². The van der Waals surface area contributed by atoms with Crippen molar-refractivity contribution in [3.63, 3.8) is 0 Å². The van der Waals surface area contributed by atoms with Gasteiger partial charge in [-0.25, -0.2) is 10.6 Å². The van der Waals surface area contributed by atoms with Gasteiger partial charge in [0, 0.05) is 11.5 Å². The highest BCUT2D eigenvalue weighted by Gasteiger charge is 2.25. The topological polar surface area (TPSA) is 113 Å². The van der Waals surface area contributed by atoms with Crippen LogP contribution < -0.4 is 11.2 Å². The molecule has 4 N–H and O–H groups in total. The standard InChI is InChI=1S/C16H21N3O4/c17-19(10-14(20)21)16(23)18-13-9-5-4-8-12(13)15(22)11-6-2-1-3-7-11/h4-5,8-9,11H,1-3,6-7,10,17H2,(H,18,23)(H,20,21). The number of carbonyl (C=O) groups is 3. The van der Waals surface area contributed by atoms with Gasteiger partial charge in [0.05, 0.1) is 5.69 Å². The Hall–Kier alpha value is -2.41. The molecule has 0 aromatic heterocycles. The summed E-state index contributed by atoms with van der Waals surface area (Å²) in [5, 5.41) is 11.7. The van der Waals surface area contributed by atoms with Gasteiger partial charge in [-0.1, -0.05) is 31.4 Å². The Balaban J connectivity index is 2.12. The van der Waals surface area contributed by atoms with Crippen LogP contribution in [0.4, 0.5) is 10.5 Å². The number of nitrogens with zero attached hydrogens (tertiary/aromatic N) is 1. The summed E-state index contributed by atoms with van der Waals surface area (Å²) in [5.41, 5.74) is 0.797. The second-order valence-corrected chi connectivity index (χ2v) is 5.70. The number of carboxylic acid groups (broad SMARTS) is 1. The zero-order valence-corrected chi connectivity index (χ0v) is 12.8. The minimum absolute atomic E-state index is 0.0161. The zero-order chi connectivity index (χ0) is 16.8. The van der Waals surface area contributed by atoms with E-state index in [2.05, 4.69) is 5.32 Å². The number of amides is 2. The highest BCUT2D eigenvalue weighted by Crippen LogP contribution is 2.29. The number of rotatable bonds is 5. The Kier molecular flexibility index (Phi) is 5.70. The lowest BCUT2D eigenvalue weighted by Crippen LogP contribution is -2.44. The summed E-state index contributed by atoms with van der Waals surface area (Å²) in [6, 6.07) is 5.96. The number of aliphatic carboxylic acids is 1. The first kappa shape index (κ1) is 17.0. The summed E-state index contributed by atoms with van der Waals surface area (Å²) < 4.78 is 0. The SMILES string of the molecule is NN(CC(=O)O)C(=O)Nc1ccccc1C(=O)C1CCCCC1. The Morgan fingerprint density at radius 3 is 2.48 bits per heavy atom. The van der Waals surface area contributed by atoms with Crippen LogP contribution in [-0.2, 0) is 4.79 Å². The molecule has 0 atom stereocenters. The van der Waals surface area contributed by atoms with Crippen molar-refractivity contribution in [1.29, 1.82) is 0 Å². The molecule has 7 heteroatoms. The molecule has 1 aliphatic rings. The van der Waals surface area contributed by atoms with Crippen LogP contribution in [-0.4, -0.2) is 34.4 Å². The summed E-state index contributed by atoms with van der Waals surface area (Å²) in [6.45, 7) is -0.620. The van der Waals surface area contributed by atoms with Crippen molar-refractivity contribution in [2.24, 2.45) is 11.8 Å². The first-order valence-corrected chi connectivity index (χ1v) is 7.67. The van der Waals surface area contributed by atoms with Crippen LogP contribution in [0.2, 0.25) is 0 Å². The number of carbonyl (C=O) groups excluding carboxylic acids is 2. The molecule has 1 fully saturated rings. The molecule has 1 aromatic carbocycles. The van der Waals surface area contributed by atoms with Crippen LogP contribution >= 0.6 is 0 Å². The molecule has 0 saturated heterocycles. The molecule has 23 heavy (non-hydrogen) atoms. The van der Waals surface area contributed by atoms with Crippen LogP contribution in [0.3, 0.4) is 0 Å². The zero-order valence-electron chi connectivity index (χ0n) is 12.8. The lowest BCUT2D eigenvalue weighted by Gasteiger charge is -2.22. The second kappa shape index (κ2) is 7.73. The Bertz CT molecular complexity index is 597. The largest absolute Gasteiger partial charge is 0.480 e. The van der Waals surface area contributed by atoms with Crippen molar-refractivity contribution in [2.45, 2.75) is 32.1 Å². The number of Topliss-reactive ketones (excluding diaryl/α,β-unsaturated/α-hetero) is 1. The van der Waals surface area contributed by atoms with Crippen molar-refractivity contribution in [3.05, 3.63) is 29.8 Å². The van der Waals surface area contributed by atoms with Gasteiger partial charge in [0.25, 0.3) is 0 Å². The van der Waals surface area contributed by atoms with Gasteiger partial charge < -0.3 is 10.4 Å². The number of hydrogen-bond donors (Lipinski definition) is 3. The van der Waals surface area contributed by atoms with Crippen molar-refractivity contribution >= 4 is 23.5 Å². The number of urea groups is 1. The van der Waals surface area contributed by atoms with E-state index in [0.717, 1.165) is 32.1 Å². The van der Waals surface area contributed by atoms with E-state index in [1.54, 1.807) is 24.3 Å². The highest BCUT2D eigenvalue weighted by molar-refractivity contribution is 6.05. The van der Waals surface area contributed by atoms with Gasteiger partial charge in [0.15, 0.2) is 5.78 Å². The van der Waals surface area contributed by atoms with E-state index in [4.69, 9.17) is 10.9 Å². The average Bonchev–Trinajstić information content (AvgIpc) is 2.55. The van der Waals surface area contributed by atoms with E-state index >= 15 is 0 Å². The number of nitrogens with one attached hydrogen (secondary N) is 1. The summed E-state index contributed by atoms with van der Waals surface area (Å²) in [7, 11) is 0. The van der Waals surface area contributed by atoms with Crippen molar-refractivity contribution < 1.29 is 19.5 Å². The third-order valence-corrected chi connectivity index (χ3v) is 3.98. The van der Waals surface area contributed by atoms with Crippen LogP contribution in [0.5, 0.6) is 0 Å². The minimum Gasteiger partial charge on any atom is -0.480 e. The van der Waals surface area contributed by atoms with E-state index in [1.807, 2.05) is 0 Å². The fourth-order valence-electron chi connectivity index (χ4n) is 2.80. The van der Waals surface area contributed by atoms with Gasteiger partial charge in [-0.3, -0.25) is 14.6 Å². The molecule has 0 aliphatic heterocycles. The molecule has 2 rings (SSSR count). The molecule has 1 aromatic rings. The van der Waals surface area contributed by atoms with Crippen LogP contribution in [0, 0.1) is 5.92 Å². The molecule has 0 radical (unpaired) electrons. The highest BCUT2D eigenvalue weighted by atomic mass is 16.4. The number of benzene rings is 1. The number of hydrazine groups is 1. The van der Waals surface area contributed by atoms with Crippen molar-refractivity contribution in [2.75, 3.05) is 11.9 Å². The smallest absolute Gasteiger partial charge is 0.336 e. The number of carboxylic acids is 1. The number of para-hydroxylation sites is 1. The Morgan fingerprint density at radius 1 is 1.17 bits per heavy atom. The summed E-state index contributed by atoms with van der Waals surface area (Å²) in [4.78, 5) is 35.2. The quantitative estimate of drug-likeness (QED) is 0.333. The van der Waals surface area contributed by atoms with Crippen LogP contribution in [0.15, 0.2) is 24.3 Å². The van der Waals surface area contributed by atoms with E-state index < -0.39 is 18.5 Å². The summed E-state index contributed by atoms with van der Waals surface area (Å²) in [6.07, 6.45) is 4.96. The molecule has 0 unspecified atom stereocenters. The lowest BCUT2D eigenvalue weighted by atomic mass is 9.83. The van der Waals surface area contributed by atoms with Gasteiger partial charge in [0.2, 0.25) is 0 Å². The van der Waals surface area contributed by atoms with Gasteiger partial charge in [-0.2, -0.15) is 0 Å². The molecular weight excluding hydrogens is 298 g/mol. The predicted octanol–water partition coefficient (Wildman–Crippen LogP) is 2.24. The number of ketones is 1. The Morgan fingerprint density at radius 2 is 1.83 bits per heavy atom. The fourth-order valence-corrected chi connectivity index (χ4v) is 2.80. The van der Waals surface area contributed by atoms with E-state index in [0.29, 0.717) is 16.3 Å². The molecule has 0 heterocycles. The molecule has 1 aliphatic carbocycles. The third-order valence-electron chi connectivity index (χ3n) is 3.98. The van der Waals surface area contributed by atoms with Gasteiger partial charge >= 0.3 is 12.0 Å². The number of hydrogen-bond acceptors (Lipinski definition) is 4. The van der Waals surface area contributed by atoms with E-state index in [9.17, 15) is 14.4 Å². The molecular formula is C16H21N3O4. The summed E-state index contributed by atoms with van der Waals surface area (Å²) in [5.74, 6) is 4.17. The average molecular weight is 319 g/mol. The van der Waals surface area contributed by atoms with Crippen LogP contribution in [0.1, 0.15) is 42.5 Å². The van der Waals surface area contributed by atoms with Crippen LogP contribution in [0.25, 0.3) is 0 Å². The lowest BCUT2D eigenvalue weighted by molar-refractivity contribution is -0.137. The van der Waals surface area contributed by atoms with E-state index in [1.165, 1.54) is 0 Å². The molecule has 0 spiro atoms. The molecule has 7 nitrogen and oxygen atoms in total. The maximum Gasteiger partial charge on any atom is 0.336 e.